The number of aliphatic hydroxyl groups is 2. The number of carboxylic acid groups (broad SMARTS) is 1. The molecule has 0 spiro atoms. The number of hydrogen-bond donors (Lipinski definition) is 11. The van der Waals surface area contributed by atoms with Crippen molar-refractivity contribution in [3.63, 3.8) is 0 Å². The van der Waals surface area contributed by atoms with Gasteiger partial charge in [0.2, 0.25) is 35.4 Å². The molecule has 47 heavy (non-hydrogen) atoms. The number of aliphatic carboxylic acids is 1. The van der Waals surface area contributed by atoms with Gasteiger partial charge in [-0.05, 0) is 56.9 Å². The van der Waals surface area contributed by atoms with Crippen LogP contribution in [0, 0.1) is 11.8 Å². The van der Waals surface area contributed by atoms with Gasteiger partial charge < -0.3 is 59.1 Å². The molecule has 18 heteroatoms. The monoisotopic (exact) mass is 674 g/mol. The van der Waals surface area contributed by atoms with Crippen LogP contribution in [0.4, 0.5) is 0 Å². The predicted molar refractivity (Wildman–Crippen MR) is 170 cm³/mol. The summed E-state index contributed by atoms with van der Waals surface area (Å²) in [6.45, 7) is 5.83. The molecule has 0 rings (SSSR count). The van der Waals surface area contributed by atoms with Crippen molar-refractivity contribution < 1.29 is 48.9 Å². The molecular weight excluding hydrogens is 620 g/mol. The third kappa shape index (κ3) is 17.6. The summed E-state index contributed by atoms with van der Waals surface area (Å²) < 4.78 is 0. The van der Waals surface area contributed by atoms with E-state index in [2.05, 4.69) is 26.6 Å². The fourth-order valence-electron chi connectivity index (χ4n) is 4.36. The molecule has 0 aliphatic carbocycles. The Hall–Kier alpha value is -3.87. The number of aliphatic hydroxyl groups excluding tert-OH is 2. The molecule has 0 aromatic heterocycles. The summed E-state index contributed by atoms with van der Waals surface area (Å²) in [7, 11) is 0. The van der Waals surface area contributed by atoms with Crippen LogP contribution in [-0.2, 0) is 33.6 Å². The first-order valence-corrected chi connectivity index (χ1v) is 15.7. The minimum atomic E-state index is -1.51. The molecule has 0 bridgehead atoms. The summed E-state index contributed by atoms with van der Waals surface area (Å²) in [5.41, 5.74) is 16.3. The van der Waals surface area contributed by atoms with E-state index in [0.717, 1.165) is 0 Å². The van der Waals surface area contributed by atoms with E-state index in [-0.39, 0.29) is 43.9 Å². The number of primary amides is 1. The number of nitrogens with one attached hydrogen (secondary N) is 5. The fourth-order valence-corrected chi connectivity index (χ4v) is 4.36. The van der Waals surface area contributed by atoms with Crippen molar-refractivity contribution >= 4 is 41.4 Å². The second kappa shape index (κ2) is 22.6. The number of hydrogen-bond acceptors (Lipinski definition) is 11. The summed E-state index contributed by atoms with van der Waals surface area (Å²) in [6.07, 6.45) is 0.602. The van der Waals surface area contributed by atoms with Gasteiger partial charge in [0.25, 0.3) is 0 Å². The molecule has 0 heterocycles. The van der Waals surface area contributed by atoms with Crippen LogP contribution in [0.25, 0.3) is 0 Å². The molecule has 0 aliphatic rings. The smallest absolute Gasteiger partial charge is 0.326 e. The first-order valence-electron chi connectivity index (χ1n) is 15.7. The lowest BCUT2D eigenvalue weighted by Crippen LogP contribution is -2.60. The van der Waals surface area contributed by atoms with E-state index in [4.69, 9.17) is 22.3 Å². The molecule has 0 aromatic rings. The van der Waals surface area contributed by atoms with Gasteiger partial charge in [-0.2, -0.15) is 0 Å². The molecule has 0 fully saturated rings. The summed E-state index contributed by atoms with van der Waals surface area (Å²) in [5.74, 6) is -6.55. The van der Waals surface area contributed by atoms with Crippen molar-refractivity contribution in [3.8, 4) is 0 Å². The van der Waals surface area contributed by atoms with Gasteiger partial charge in [0.15, 0.2) is 0 Å². The van der Waals surface area contributed by atoms with E-state index in [0.29, 0.717) is 19.4 Å². The van der Waals surface area contributed by atoms with Crippen LogP contribution in [0.3, 0.4) is 0 Å². The first-order chi connectivity index (χ1) is 22.0. The molecule has 6 atom stereocenters. The molecular formula is C29H54N8O10. The third-order valence-corrected chi connectivity index (χ3v) is 6.90. The number of amides is 6. The van der Waals surface area contributed by atoms with Crippen LogP contribution < -0.4 is 43.8 Å². The first kappa shape index (κ1) is 43.1. The van der Waals surface area contributed by atoms with Crippen LogP contribution in [0.1, 0.15) is 72.6 Å². The molecule has 0 radical (unpaired) electrons. The molecule has 0 saturated heterocycles. The zero-order valence-electron chi connectivity index (χ0n) is 27.6. The van der Waals surface area contributed by atoms with Crippen LogP contribution in [0.2, 0.25) is 0 Å². The maximum atomic E-state index is 13.5. The number of nitrogens with two attached hydrogens (primary N) is 3. The van der Waals surface area contributed by atoms with Crippen LogP contribution in [-0.4, -0.2) is 113 Å². The number of carbonyl (C=O) groups is 7. The normalized spacial score (nSPS) is 15.0. The standard InChI is InChI=1S/C29H54N8O10/c1-15(2)11-20(27(44)34-19(8-9-23(32)40)26(43)36-21(29(46)47)12-16(3)4)35-25(42)18(7-5-6-10-30)33-28(45)22(14-39)37-24(41)17(31)13-38/h15-22,38-39H,5-14,30-31H2,1-4H3,(H2,32,40)(H,33,45)(H,34,44)(H,35,42)(H,36,43)(H,37,41)(H,46,47)/t17-,18-,19-,20-,21-,22-/m0/s1. The summed E-state index contributed by atoms with van der Waals surface area (Å²) in [5, 5.41) is 40.4. The Kier molecular flexibility index (Phi) is 20.8. The van der Waals surface area contributed by atoms with Gasteiger partial charge in [-0.15, -0.1) is 0 Å². The number of carbonyl (C=O) groups excluding carboxylic acids is 6. The van der Waals surface area contributed by atoms with E-state index in [9.17, 15) is 43.8 Å². The summed E-state index contributed by atoms with van der Waals surface area (Å²) >= 11 is 0. The summed E-state index contributed by atoms with van der Waals surface area (Å²) in [6, 6.07) is -7.96. The lowest BCUT2D eigenvalue weighted by atomic mass is 10.00. The van der Waals surface area contributed by atoms with Crippen LogP contribution >= 0.6 is 0 Å². The van der Waals surface area contributed by atoms with Crippen molar-refractivity contribution in [2.45, 2.75) is 109 Å². The van der Waals surface area contributed by atoms with Gasteiger partial charge in [0.1, 0.15) is 36.3 Å². The van der Waals surface area contributed by atoms with Crippen molar-refractivity contribution in [1.82, 2.24) is 26.6 Å². The Labute approximate surface area is 274 Å². The van der Waals surface area contributed by atoms with Crippen LogP contribution in [0.5, 0.6) is 0 Å². The molecule has 270 valence electrons. The van der Waals surface area contributed by atoms with Crippen molar-refractivity contribution in [2.24, 2.45) is 29.0 Å². The lowest BCUT2D eigenvalue weighted by Gasteiger charge is -2.27. The molecule has 0 unspecified atom stereocenters. The van der Waals surface area contributed by atoms with Crippen molar-refractivity contribution in [2.75, 3.05) is 19.8 Å². The topological polar surface area (TPSA) is 318 Å². The van der Waals surface area contributed by atoms with Gasteiger partial charge in [0, 0.05) is 6.42 Å². The average Bonchev–Trinajstić information content (AvgIpc) is 2.99. The van der Waals surface area contributed by atoms with Crippen molar-refractivity contribution in [3.05, 3.63) is 0 Å². The highest BCUT2D eigenvalue weighted by atomic mass is 16.4. The average molecular weight is 675 g/mol. The SMILES string of the molecule is CC(C)C[C@H](NC(=O)[C@H](CCC(N)=O)NC(=O)[C@H](CC(C)C)NC(=O)[C@H](CCCCN)NC(=O)[C@H](CO)NC(=O)[C@@H](N)CO)C(=O)O. The van der Waals surface area contributed by atoms with E-state index >= 15 is 0 Å². The van der Waals surface area contributed by atoms with Gasteiger partial charge in [0.05, 0.1) is 13.2 Å². The molecule has 0 aliphatic heterocycles. The largest absolute Gasteiger partial charge is 0.480 e. The zero-order chi connectivity index (χ0) is 36.3. The molecule has 0 saturated carbocycles. The minimum absolute atomic E-state index is 0.0725. The fraction of sp³-hybridized carbons (Fsp3) is 0.759. The van der Waals surface area contributed by atoms with Gasteiger partial charge in [-0.1, -0.05) is 27.7 Å². The number of carboxylic acids is 1. The highest BCUT2D eigenvalue weighted by Crippen LogP contribution is 2.10. The quantitative estimate of drug-likeness (QED) is 0.0441. The Morgan fingerprint density at radius 1 is 0.596 bits per heavy atom. The lowest BCUT2D eigenvalue weighted by molar-refractivity contribution is -0.143. The highest BCUT2D eigenvalue weighted by molar-refractivity contribution is 5.96. The molecule has 18 nitrogen and oxygen atoms in total. The maximum Gasteiger partial charge on any atom is 0.326 e. The van der Waals surface area contributed by atoms with Crippen molar-refractivity contribution in [1.29, 1.82) is 0 Å². The second-order valence-electron chi connectivity index (χ2n) is 12.2. The molecule has 14 N–H and O–H groups in total. The Balaban J connectivity index is 6.07. The van der Waals surface area contributed by atoms with Gasteiger partial charge in [-0.25, -0.2) is 4.79 Å². The third-order valence-electron chi connectivity index (χ3n) is 6.90. The predicted octanol–water partition coefficient (Wildman–Crippen LogP) is -3.71. The molecule has 0 aromatic carbocycles. The zero-order valence-corrected chi connectivity index (χ0v) is 27.6. The molecule has 6 amide bonds. The van der Waals surface area contributed by atoms with E-state index < -0.39 is 90.9 Å². The number of rotatable bonds is 24. The van der Waals surface area contributed by atoms with E-state index in [1.165, 1.54) is 0 Å². The Morgan fingerprint density at radius 2 is 1.02 bits per heavy atom. The summed E-state index contributed by atoms with van der Waals surface area (Å²) in [4.78, 5) is 88.2. The maximum absolute atomic E-state index is 13.5. The Bertz CT molecular complexity index is 1060. The number of unbranched alkanes of at least 4 members (excludes halogenated alkanes) is 1. The minimum Gasteiger partial charge on any atom is -0.480 e. The highest BCUT2D eigenvalue weighted by Gasteiger charge is 2.33. The second-order valence-corrected chi connectivity index (χ2v) is 12.2. The Morgan fingerprint density at radius 3 is 1.47 bits per heavy atom. The van der Waals surface area contributed by atoms with Gasteiger partial charge in [-0.3, -0.25) is 28.8 Å². The van der Waals surface area contributed by atoms with E-state index in [1.807, 2.05) is 0 Å². The van der Waals surface area contributed by atoms with Crippen LogP contribution in [0.15, 0.2) is 0 Å². The van der Waals surface area contributed by atoms with E-state index in [1.54, 1.807) is 27.7 Å². The van der Waals surface area contributed by atoms with Gasteiger partial charge >= 0.3 is 5.97 Å².